The van der Waals surface area contributed by atoms with Crippen LogP contribution in [0.1, 0.15) is 54.1 Å². The number of hydroxylamine groups is 2. The molecule has 2 aromatic carbocycles. The summed E-state index contributed by atoms with van der Waals surface area (Å²) in [5.41, 5.74) is 2.47. The van der Waals surface area contributed by atoms with E-state index in [0.29, 0.717) is 17.2 Å². The largest absolute Gasteiger partial charge is 0.508 e. The predicted molar refractivity (Wildman–Crippen MR) is 211 cm³/mol. The number of hydrogen-bond acceptors (Lipinski definition) is 17. The Morgan fingerprint density at radius 1 is 0.984 bits per heavy atom. The van der Waals surface area contributed by atoms with E-state index in [0.717, 1.165) is 11.1 Å². The van der Waals surface area contributed by atoms with Crippen LogP contribution >= 0.6 is 0 Å². The number of ether oxygens (including phenoxy) is 1. The fourth-order valence-electron chi connectivity index (χ4n) is 7.30. The molecule has 330 valence electrons. The van der Waals surface area contributed by atoms with Crippen molar-refractivity contribution in [3.05, 3.63) is 102 Å². The van der Waals surface area contributed by atoms with Gasteiger partial charge < -0.3 is 45.5 Å². The minimum atomic E-state index is -5.41. The van der Waals surface area contributed by atoms with E-state index in [4.69, 9.17) is 14.7 Å². The molecule has 6 aromatic rings. The van der Waals surface area contributed by atoms with E-state index in [2.05, 4.69) is 40.8 Å². The Kier molecular flexibility index (Phi) is 11.9. The lowest BCUT2D eigenvalue weighted by Gasteiger charge is -2.27. The van der Waals surface area contributed by atoms with Crippen molar-refractivity contribution in [2.45, 2.75) is 69.1 Å². The summed E-state index contributed by atoms with van der Waals surface area (Å²) in [6, 6.07) is 14.1. The van der Waals surface area contributed by atoms with Crippen LogP contribution in [0.3, 0.4) is 0 Å². The number of benzene rings is 2. The number of urea groups is 1. The second kappa shape index (κ2) is 17.7. The summed E-state index contributed by atoms with van der Waals surface area (Å²) >= 11 is 0. The monoisotopic (exact) mass is 875 g/mol. The Bertz CT molecular complexity index is 2500. The van der Waals surface area contributed by atoms with Crippen LogP contribution in [-0.4, -0.2) is 126 Å². The summed E-state index contributed by atoms with van der Waals surface area (Å²) < 4.78 is 48.0. The quantitative estimate of drug-likeness (QED) is 0.0966. The van der Waals surface area contributed by atoms with Gasteiger partial charge >= 0.3 is 18.2 Å². The van der Waals surface area contributed by atoms with Gasteiger partial charge in [0.1, 0.15) is 23.7 Å². The van der Waals surface area contributed by atoms with E-state index in [-0.39, 0.29) is 78.8 Å². The van der Waals surface area contributed by atoms with Gasteiger partial charge in [-0.25, -0.2) is 14.6 Å². The smallest absolute Gasteiger partial charge is 0.493 e. The van der Waals surface area contributed by atoms with E-state index in [1.807, 2.05) is 0 Å². The number of carbonyl (C=O) groups is 2. The number of imidazole rings is 1. The van der Waals surface area contributed by atoms with Gasteiger partial charge in [-0.2, -0.15) is 27.9 Å². The number of aliphatic hydroxyl groups is 2. The van der Waals surface area contributed by atoms with E-state index < -0.39 is 48.8 Å². The number of pyridine rings is 1. The SMILES string of the molecule is CCn1nnc([C@H]2O[C@@H](n3cnc4c(NCC(c5ccc(O)cc5)c5ccc(O)cc5)nc(N5CC[C@@H](N(OC(=O)C(F)(F)F)C(=O)NCc6ccncc6)C5)nc43)[C@H](O)[C@@H]2O)n1. The first-order valence-corrected chi connectivity index (χ1v) is 19.6. The maximum absolute atomic E-state index is 13.5. The van der Waals surface area contributed by atoms with Crippen LogP contribution < -0.4 is 15.5 Å². The van der Waals surface area contributed by atoms with Gasteiger partial charge in [0.25, 0.3) is 0 Å². The number of nitrogens with one attached hydrogen (secondary N) is 2. The highest BCUT2D eigenvalue weighted by Gasteiger charge is 2.48. The van der Waals surface area contributed by atoms with Gasteiger partial charge in [0.15, 0.2) is 29.3 Å². The summed E-state index contributed by atoms with van der Waals surface area (Å²) in [5, 5.41) is 60.8. The first-order chi connectivity index (χ1) is 30.3. The van der Waals surface area contributed by atoms with Gasteiger partial charge in [-0.3, -0.25) is 9.55 Å². The summed E-state index contributed by atoms with van der Waals surface area (Å²) in [7, 11) is 0. The van der Waals surface area contributed by atoms with Crippen LogP contribution in [0.5, 0.6) is 11.5 Å². The number of fused-ring (bicyclic) bond motifs is 1. The number of amides is 2. The topological polar surface area (TPSA) is 264 Å². The number of halogens is 3. The molecule has 2 aliphatic heterocycles. The average molecular weight is 876 g/mol. The van der Waals surface area contributed by atoms with Crippen molar-refractivity contribution in [2.75, 3.05) is 29.9 Å². The molecule has 2 fully saturated rings. The number of aromatic hydroxyl groups is 2. The molecule has 2 aliphatic rings. The fraction of sp³-hybridized carbons (Fsp3) is 0.359. The molecule has 8 rings (SSSR count). The highest BCUT2D eigenvalue weighted by Crippen LogP contribution is 2.40. The number of carbonyl (C=O) groups excluding carboxylic acids is 2. The Balaban J connectivity index is 1.13. The second-order valence-electron chi connectivity index (χ2n) is 14.7. The highest BCUT2D eigenvalue weighted by atomic mass is 19.4. The number of aliphatic hydroxyl groups excluding tert-OH is 2. The fourth-order valence-corrected chi connectivity index (χ4v) is 7.30. The van der Waals surface area contributed by atoms with Crippen molar-refractivity contribution < 1.29 is 52.8 Å². The maximum atomic E-state index is 13.5. The normalized spacial score (nSPS) is 20.0. The maximum Gasteiger partial charge on any atom is 0.493 e. The third-order valence-corrected chi connectivity index (χ3v) is 10.6. The Morgan fingerprint density at radius 3 is 2.30 bits per heavy atom. The summed E-state index contributed by atoms with van der Waals surface area (Å²) in [6.07, 6.45) is -6.61. The Hall–Kier alpha value is -7.18. The molecule has 24 heteroatoms. The van der Waals surface area contributed by atoms with Crippen molar-refractivity contribution in [3.8, 4) is 11.5 Å². The van der Waals surface area contributed by atoms with Gasteiger partial charge in [-0.15, -0.1) is 15.3 Å². The van der Waals surface area contributed by atoms with Crippen molar-refractivity contribution >= 4 is 34.9 Å². The van der Waals surface area contributed by atoms with Gasteiger partial charge in [0.2, 0.25) is 11.8 Å². The molecule has 4 aromatic heterocycles. The molecule has 21 nitrogen and oxygen atoms in total. The first-order valence-electron chi connectivity index (χ1n) is 19.6. The number of hydrogen-bond donors (Lipinski definition) is 6. The van der Waals surface area contributed by atoms with Crippen LogP contribution in [0.15, 0.2) is 79.4 Å². The molecule has 0 saturated carbocycles. The molecule has 2 amide bonds. The number of rotatable bonds is 12. The molecule has 6 N–H and O–H groups in total. The molecule has 2 saturated heterocycles. The molecule has 5 atom stereocenters. The van der Waals surface area contributed by atoms with Crippen LogP contribution in [0, 0.1) is 0 Å². The summed E-state index contributed by atoms with van der Waals surface area (Å²) in [6.45, 7) is 2.12. The number of phenolic OH excluding ortho intramolecular Hbond substituents is 2. The van der Waals surface area contributed by atoms with E-state index in [1.165, 1.54) is 52.4 Å². The number of tetrazole rings is 1. The van der Waals surface area contributed by atoms with Crippen LogP contribution in [0.4, 0.5) is 29.7 Å². The number of nitrogens with zero attached hydrogens (tertiary/aromatic N) is 11. The first kappa shape index (κ1) is 42.5. The van der Waals surface area contributed by atoms with E-state index >= 15 is 0 Å². The number of alkyl halides is 3. The van der Waals surface area contributed by atoms with E-state index in [1.54, 1.807) is 48.2 Å². The van der Waals surface area contributed by atoms with Gasteiger partial charge in [0.05, 0.1) is 18.9 Å². The predicted octanol–water partition coefficient (Wildman–Crippen LogP) is 2.69. The van der Waals surface area contributed by atoms with Crippen molar-refractivity contribution in [1.29, 1.82) is 0 Å². The number of anilines is 2. The Labute approximate surface area is 354 Å². The lowest BCUT2D eigenvalue weighted by atomic mass is 9.91. The molecule has 0 radical (unpaired) electrons. The van der Waals surface area contributed by atoms with Crippen LogP contribution in [0.2, 0.25) is 0 Å². The standard InChI is InChI=1S/C39H40F3N13O8/c1-2-54-50-33(49-51-54)31-29(58)30(59)35(62-31)53-20-46-28-32(44-18-27(22-3-7-25(56)8-4-22)23-5-9-26(57)10-6-23)47-37(48-34(28)53)52-16-13-24(19-52)55(63-36(60)39(40,41)42)38(61)45-17-21-11-14-43-15-12-21/h3-12,14-15,20,24,27,29-31,35,56-59H,2,13,16-19H2,1H3,(H,45,61)(H,44,47,48)/t24-,29+,30-,31+,35-/m1/s1. The third kappa shape index (κ3) is 9.08. The number of phenols is 2. The van der Waals surface area contributed by atoms with Gasteiger partial charge in [-0.1, -0.05) is 24.3 Å². The van der Waals surface area contributed by atoms with Crippen molar-refractivity contribution in [2.24, 2.45) is 0 Å². The zero-order valence-corrected chi connectivity index (χ0v) is 33.2. The molecule has 0 spiro atoms. The second-order valence-corrected chi connectivity index (χ2v) is 14.7. The minimum Gasteiger partial charge on any atom is -0.508 e. The van der Waals surface area contributed by atoms with Crippen LogP contribution in [-0.2, 0) is 27.5 Å². The summed E-state index contributed by atoms with van der Waals surface area (Å²) in [5.74, 6) is -2.65. The highest BCUT2D eigenvalue weighted by molar-refractivity contribution is 5.85. The number of aromatic nitrogens is 9. The zero-order chi connectivity index (χ0) is 44.4. The molecule has 0 unspecified atom stereocenters. The van der Waals surface area contributed by atoms with Gasteiger partial charge in [-0.05, 0) is 71.6 Å². The van der Waals surface area contributed by atoms with Crippen molar-refractivity contribution in [1.82, 2.24) is 55.1 Å². The van der Waals surface area contributed by atoms with E-state index in [9.17, 15) is 43.2 Å². The molecule has 6 heterocycles. The molecule has 63 heavy (non-hydrogen) atoms. The zero-order valence-electron chi connectivity index (χ0n) is 33.2. The number of aryl methyl sites for hydroxylation is 1. The Morgan fingerprint density at radius 2 is 1.67 bits per heavy atom. The lowest BCUT2D eigenvalue weighted by Crippen LogP contribution is -2.49. The molecule has 0 aliphatic carbocycles. The lowest BCUT2D eigenvalue weighted by molar-refractivity contribution is -0.232. The average Bonchev–Trinajstić information content (AvgIpc) is 4.10. The van der Waals surface area contributed by atoms with Crippen LogP contribution in [0.25, 0.3) is 11.2 Å². The molecular formula is C39H40F3N13O8. The third-order valence-electron chi connectivity index (χ3n) is 10.6. The van der Waals surface area contributed by atoms with Crippen molar-refractivity contribution in [3.63, 3.8) is 0 Å². The van der Waals surface area contributed by atoms with Gasteiger partial charge in [0, 0.05) is 44.5 Å². The molecular weight excluding hydrogens is 836 g/mol. The molecule has 0 bridgehead atoms. The summed E-state index contributed by atoms with van der Waals surface area (Å²) in [4.78, 5) is 51.1. The minimum absolute atomic E-state index is 0.0106.